The number of rotatable bonds is 7. The number of ether oxygens (including phenoxy) is 1. The number of likely N-dealkylation sites (tertiary alicyclic amines) is 1. The second kappa shape index (κ2) is 6.72. The van der Waals surface area contributed by atoms with Gasteiger partial charge in [0, 0.05) is 26.2 Å². The van der Waals surface area contributed by atoms with E-state index >= 15 is 0 Å². The van der Waals surface area contributed by atoms with Gasteiger partial charge >= 0.3 is 0 Å². The Balaban J connectivity index is 2.46. The predicted molar refractivity (Wildman–Crippen MR) is 73.1 cm³/mol. The highest BCUT2D eigenvalue weighted by Gasteiger charge is 2.31. The fourth-order valence-corrected chi connectivity index (χ4v) is 2.85. The Bertz CT molecular complexity index is 218. The molecule has 0 bridgehead atoms. The SMILES string of the molecule is CCCC1CCN(C(CN)CC(C)(C)OC)C1. The van der Waals surface area contributed by atoms with Gasteiger partial charge in [0.25, 0.3) is 0 Å². The Morgan fingerprint density at radius 3 is 2.71 bits per heavy atom. The molecule has 1 saturated heterocycles. The third-order valence-corrected chi connectivity index (χ3v) is 4.08. The van der Waals surface area contributed by atoms with Gasteiger partial charge in [-0.25, -0.2) is 0 Å². The summed E-state index contributed by atoms with van der Waals surface area (Å²) in [5, 5.41) is 0. The van der Waals surface area contributed by atoms with E-state index < -0.39 is 0 Å². The molecule has 3 nitrogen and oxygen atoms in total. The highest BCUT2D eigenvalue weighted by atomic mass is 16.5. The van der Waals surface area contributed by atoms with Crippen molar-refractivity contribution in [1.29, 1.82) is 0 Å². The molecule has 0 aliphatic carbocycles. The van der Waals surface area contributed by atoms with E-state index in [2.05, 4.69) is 25.7 Å². The molecule has 0 saturated carbocycles. The Morgan fingerprint density at radius 2 is 2.18 bits per heavy atom. The van der Waals surface area contributed by atoms with Crippen LogP contribution in [0.5, 0.6) is 0 Å². The lowest BCUT2D eigenvalue weighted by Crippen LogP contribution is -2.44. The van der Waals surface area contributed by atoms with Gasteiger partial charge in [-0.05, 0) is 45.6 Å². The maximum atomic E-state index is 5.94. The first-order chi connectivity index (χ1) is 8.02. The molecule has 0 amide bonds. The molecule has 0 spiro atoms. The van der Waals surface area contributed by atoms with Gasteiger partial charge < -0.3 is 10.5 Å². The van der Waals surface area contributed by atoms with Gasteiger partial charge in [0.1, 0.15) is 0 Å². The van der Waals surface area contributed by atoms with Crippen molar-refractivity contribution >= 4 is 0 Å². The molecule has 1 heterocycles. The summed E-state index contributed by atoms with van der Waals surface area (Å²) < 4.78 is 5.52. The summed E-state index contributed by atoms with van der Waals surface area (Å²) in [5.74, 6) is 0.889. The minimum atomic E-state index is -0.0626. The monoisotopic (exact) mass is 242 g/mol. The lowest BCUT2D eigenvalue weighted by molar-refractivity contribution is -0.00521. The number of methoxy groups -OCH3 is 1. The molecular formula is C14H30N2O. The zero-order chi connectivity index (χ0) is 12.9. The molecule has 17 heavy (non-hydrogen) atoms. The zero-order valence-electron chi connectivity index (χ0n) is 12.0. The van der Waals surface area contributed by atoms with Crippen molar-refractivity contribution in [3.8, 4) is 0 Å². The average Bonchev–Trinajstić information content (AvgIpc) is 2.75. The smallest absolute Gasteiger partial charge is 0.0638 e. The normalized spacial score (nSPS) is 24.2. The van der Waals surface area contributed by atoms with Crippen LogP contribution in [0, 0.1) is 5.92 Å². The van der Waals surface area contributed by atoms with E-state index in [-0.39, 0.29) is 5.60 Å². The molecule has 1 aliphatic heterocycles. The first kappa shape index (κ1) is 14.9. The summed E-state index contributed by atoms with van der Waals surface area (Å²) in [6, 6.07) is 0.479. The highest BCUT2D eigenvalue weighted by Crippen LogP contribution is 2.26. The van der Waals surface area contributed by atoms with Gasteiger partial charge in [0.15, 0.2) is 0 Å². The van der Waals surface area contributed by atoms with Gasteiger partial charge in [0.05, 0.1) is 5.60 Å². The predicted octanol–water partition coefficient (Wildman–Crippen LogP) is 2.25. The molecule has 2 unspecified atom stereocenters. The van der Waals surface area contributed by atoms with E-state index in [4.69, 9.17) is 10.5 Å². The van der Waals surface area contributed by atoms with Crippen LogP contribution in [-0.2, 0) is 4.74 Å². The van der Waals surface area contributed by atoms with Gasteiger partial charge in [0.2, 0.25) is 0 Å². The Hall–Kier alpha value is -0.120. The van der Waals surface area contributed by atoms with Crippen molar-refractivity contribution in [3.05, 3.63) is 0 Å². The summed E-state index contributed by atoms with van der Waals surface area (Å²) in [6.45, 7) is 9.76. The summed E-state index contributed by atoms with van der Waals surface area (Å²) in [7, 11) is 1.79. The number of hydrogen-bond acceptors (Lipinski definition) is 3. The summed E-state index contributed by atoms with van der Waals surface area (Å²) in [5.41, 5.74) is 5.87. The molecule has 2 N–H and O–H groups in total. The van der Waals surface area contributed by atoms with Crippen molar-refractivity contribution in [2.75, 3.05) is 26.7 Å². The van der Waals surface area contributed by atoms with E-state index in [0.29, 0.717) is 6.04 Å². The molecule has 1 rings (SSSR count). The quantitative estimate of drug-likeness (QED) is 0.744. The Kier molecular flexibility index (Phi) is 5.90. The molecule has 1 fully saturated rings. The minimum Gasteiger partial charge on any atom is -0.379 e. The summed E-state index contributed by atoms with van der Waals surface area (Å²) >= 11 is 0. The van der Waals surface area contributed by atoms with Crippen molar-refractivity contribution in [1.82, 2.24) is 4.90 Å². The van der Waals surface area contributed by atoms with Crippen LogP contribution < -0.4 is 5.73 Å². The van der Waals surface area contributed by atoms with Gasteiger partial charge in [-0.15, -0.1) is 0 Å². The lowest BCUT2D eigenvalue weighted by atomic mass is 9.97. The molecule has 3 heteroatoms. The molecule has 0 aromatic heterocycles. The van der Waals surface area contributed by atoms with Crippen molar-refractivity contribution in [2.24, 2.45) is 11.7 Å². The first-order valence-electron chi connectivity index (χ1n) is 7.01. The van der Waals surface area contributed by atoms with Crippen molar-refractivity contribution < 1.29 is 4.74 Å². The standard InChI is InChI=1S/C14H30N2O/c1-5-6-12-7-8-16(11-12)13(10-15)9-14(2,3)17-4/h12-13H,5-11,15H2,1-4H3. The second-order valence-corrected chi connectivity index (χ2v) is 6.00. The van der Waals surface area contributed by atoms with Crippen LogP contribution in [0.4, 0.5) is 0 Å². The number of nitrogens with zero attached hydrogens (tertiary/aromatic N) is 1. The molecule has 102 valence electrons. The van der Waals surface area contributed by atoms with E-state index in [0.717, 1.165) is 18.9 Å². The van der Waals surface area contributed by atoms with Crippen LogP contribution >= 0.6 is 0 Å². The van der Waals surface area contributed by atoms with Crippen LogP contribution in [0.15, 0.2) is 0 Å². The van der Waals surface area contributed by atoms with E-state index in [1.807, 2.05) is 0 Å². The topological polar surface area (TPSA) is 38.5 Å². The third-order valence-electron chi connectivity index (χ3n) is 4.08. The Morgan fingerprint density at radius 1 is 1.47 bits per heavy atom. The number of nitrogens with two attached hydrogens (primary N) is 1. The largest absolute Gasteiger partial charge is 0.379 e. The molecule has 2 atom stereocenters. The van der Waals surface area contributed by atoms with Gasteiger partial charge in [-0.1, -0.05) is 13.3 Å². The minimum absolute atomic E-state index is 0.0626. The van der Waals surface area contributed by atoms with Gasteiger partial charge in [-0.3, -0.25) is 4.90 Å². The van der Waals surface area contributed by atoms with Crippen LogP contribution in [-0.4, -0.2) is 43.3 Å². The molecular weight excluding hydrogens is 212 g/mol. The third kappa shape index (κ3) is 4.57. The fourth-order valence-electron chi connectivity index (χ4n) is 2.85. The fraction of sp³-hybridized carbons (Fsp3) is 1.00. The van der Waals surface area contributed by atoms with Crippen molar-refractivity contribution in [3.63, 3.8) is 0 Å². The highest BCUT2D eigenvalue weighted by molar-refractivity contribution is 4.86. The maximum Gasteiger partial charge on any atom is 0.0638 e. The number of hydrogen-bond donors (Lipinski definition) is 1. The molecule has 0 aromatic rings. The van der Waals surface area contributed by atoms with Crippen molar-refractivity contribution in [2.45, 2.75) is 58.1 Å². The molecule has 0 aromatic carbocycles. The van der Waals surface area contributed by atoms with Gasteiger partial charge in [-0.2, -0.15) is 0 Å². The molecule has 0 radical (unpaired) electrons. The van der Waals surface area contributed by atoms with E-state index in [1.54, 1.807) is 7.11 Å². The van der Waals surface area contributed by atoms with Crippen LogP contribution in [0.2, 0.25) is 0 Å². The molecule has 1 aliphatic rings. The second-order valence-electron chi connectivity index (χ2n) is 6.00. The zero-order valence-corrected chi connectivity index (χ0v) is 12.0. The summed E-state index contributed by atoms with van der Waals surface area (Å²) in [4.78, 5) is 2.57. The first-order valence-corrected chi connectivity index (χ1v) is 7.01. The maximum absolute atomic E-state index is 5.94. The van der Waals surface area contributed by atoms with Crippen LogP contribution in [0.1, 0.15) is 46.5 Å². The van der Waals surface area contributed by atoms with Crippen LogP contribution in [0.25, 0.3) is 0 Å². The average molecular weight is 242 g/mol. The Labute approximate surface area is 107 Å². The summed E-state index contributed by atoms with van der Waals surface area (Å²) in [6.07, 6.45) is 5.04. The van der Waals surface area contributed by atoms with Crippen LogP contribution in [0.3, 0.4) is 0 Å². The lowest BCUT2D eigenvalue weighted by Gasteiger charge is -2.33. The van der Waals surface area contributed by atoms with E-state index in [1.165, 1.54) is 32.4 Å². The van der Waals surface area contributed by atoms with E-state index in [9.17, 15) is 0 Å².